The van der Waals surface area contributed by atoms with Gasteiger partial charge in [-0.15, -0.1) is 0 Å². The first-order valence-electron chi connectivity index (χ1n) is 5.24. The Labute approximate surface area is 89.7 Å². The fourth-order valence-corrected chi connectivity index (χ4v) is 1.84. The molecule has 2 heterocycles. The van der Waals surface area contributed by atoms with Gasteiger partial charge >= 0.3 is 0 Å². The molecule has 3 nitrogen and oxygen atoms in total. The van der Waals surface area contributed by atoms with Gasteiger partial charge in [-0.2, -0.15) is 0 Å². The molecular formula is C12H16N2O. The second-order valence-corrected chi connectivity index (χ2v) is 3.70. The molecule has 0 saturated heterocycles. The van der Waals surface area contributed by atoms with Crippen LogP contribution in [0.25, 0.3) is 5.52 Å². The first kappa shape index (κ1) is 10.2. The largest absolute Gasteiger partial charge is 0.385 e. The van der Waals surface area contributed by atoms with Gasteiger partial charge in [-0.3, -0.25) is 0 Å². The lowest BCUT2D eigenvalue weighted by Gasteiger charge is -2.04. The predicted molar refractivity (Wildman–Crippen MR) is 60.1 cm³/mol. The van der Waals surface area contributed by atoms with E-state index in [1.807, 2.05) is 6.20 Å². The second-order valence-electron chi connectivity index (χ2n) is 3.70. The summed E-state index contributed by atoms with van der Waals surface area (Å²) < 4.78 is 7.25. The Kier molecular flexibility index (Phi) is 3.02. The molecule has 2 rings (SSSR count). The van der Waals surface area contributed by atoms with Gasteiger partial charge in [0, 0.05) is 25.8 Å². The van der Waals surface area contributed by atoms with Crippen LogP contribution in [0.3, 0.4) is 0 Å². The molecule has 0 unspecified atom stereocenters. The number of aromatic nitrogens is 2. The lowest BCUT2D eigenvalue weighted by Crippen LogP contribution is -2.00. The fraction of sp³-hybridized carbons (Fsp3) is 0.417. The van der Waals surface area contributed by atoms with E-state index in [0.29, 0.717) is 0 Å². The Morgan fingerprint density at radius 1 is 1.40 bits per heavy atom. The number of pyridine rings is 1. The van der Waals surface area contributed by atoms with Crippen LogP contribution < -0.4 is 0 Å². The van der Waals surface area contributed by atoms with Crippen molar-refractivity contribution in [3.63, 3.8) is 0 Å². The van der Waals surface area contributed by atoms with Crippen molar-refractivity contribution in [2.75, 3.05) is 13.7 Å². The van der Waals surface area contributed by atoms with E-state index in [2.05, 4.69) is 34.5 Å². The van der Waals surface area contributed by atoms with Gasteiger partial charge in [0.05, 0.1) is 11.7 Å². The number of ether oxygens (including phenoxy) is 1. The summed E-state index contributed by atoms with van der Waals surface area (Å²) in [6.07, 6.45) is 3.91. The van der Waals surface area contributed by atoms with E-state index in [4.69, 9.17) is 4.74 Å². The molecule has 0 bridgehead atoms. The van der Waals surface area contributed by atoms with E-state index in [-0.39, 0.29) is 0 Å². The molecule has 0 saturated carbocycles. The summed E-state index contributed by atoms with van der Waals surface area (Å²) in [5.41, 5.74) is 2.40. The highest BCUT2D eigenvalue weighted by Crippen LogP contribution is 2.11. The SMILES string of the molecule is COCCCc1ncc2cccc(C)n12. The zero-order valence-electron chi connectivity index (χ0n) is 9.23. The molecule has 0 fully saturated rings. The van der Waals surface area contributed by atoms with E-state index in [0.717, 1.165) is 25.3 Å². The van der Waals surface area contributed by atoms with Gasteiger partial charge < -0.3 is 9.14 Å². The van der Waals surface area contributed by atoms with Crippen LogP contribution in [0.15, 0.2) is 24.4 Å². The Balaban J connectivity index is 2.27. The quantitative estimate of drug-likeness (QED) is 0.714. The molecule has 0 aliphatic rings. The molecule has 0 aromatic carbocycles. The second kappa shape index (κ2) is 4.45. The van der Waals surface area contributed by atoms with E-state index in [1.165, 1.54) is 11.2 Å². The van der Waals surface area contributed by atoms with Crippen LogP contribution >= 0.6 is 0 Å². The number of hydrogen-bond donors (Lipinski definition) is 0. The first-order chi connectivity index (χ1) is 7.33. The zero-order valence-corrected chi connectivity index (χ0v) is 9.23. The van der Waals surface area contributed by atoms with E-state index in [1.54, 1.807) is 7.11 Å². The van der Waals surface area contributed by atoms with Crippen molar-refractivity contribution in [1.82, 2.24) is 9.38 Å². The number of fused-ring (bicyclic) bond motifs is 1. The molecule has 0 N–H and O–H groups in total. The molecule has 0 aliphatic heterocycles. The van der Waals surface area contributed by atoms with Crippen molar-refractivity contribution in [2.24, 2.45) is 0 Å². The maximum absolute atomic E-state index is 5.05. The van der Waals surface area contributed by atoms with Gasteiger partial charge in [0.25, 0.3) is 0 Å². The topological polar surface area (TPSA) is 26.5 Å². The van der Waals surface area contributed by atoms with Crippen LogP contribution in [0.2, 0.25) is 0 Å². The summed E-state index contributed by atoms with van der Waals surface area (Å²) in [5.74, 6) is 1.13. The maximum Gasteiger partial charge on any atom is 0.113 e. The van der Waals surface area contributed by atoms with Gasteiger partial charge in [0.1, 0.15) is 5.82 Å². The van der Waals surface area contributed by atoms with Crippen LogP contribution in [0.4, 0.5) is 0 Å². The molecule has 0 aliphatic carbocycles. The minimum absolute atomic E-state index is 0.792. The Hall–Kier alpha value is -1.35. The van der Waals surface area contributed by atoms with Crippen LogP contribution in [0, 0.1) is 6.92 Å². The lowest BCUT2D eigenvalue weighted by atomic mass is 10.3. The third kappa shape index (κ3) is 2.02. The van der Waals surface area contributed by atoms with Gasteiger partial charge in [0.15, 0.2) is 0 Å². The third-order valence-electron chi connectivity index (χ3n) is 2.57. The predicted octanol–water partition coefficient (Wildman–Crippen LogP) is 2.22. The minimum Gasteiger partial charge on any atom is -0.385 e. The van der Waals surface area contributed by atoms with Gasteiger partial charge in [-0.25, -0.2) is 4.98 Å². The van der Waals surface area contributed by atoms with Crippen LogP contribution in [-0.4, -0.2) is 23.1 Å². The Morgan fingerprint density at radius 3 is 3.07 bits per heavy atom. The molecule has 2 aromatic rings. The smallest absolute Gasteiger partial charge is 0.113 e. The van der Waals surface area contributed by atoms with Crippen LogP contribution in [0.1, 0.15) is 17.9 Å². The average molecular weight is 204 g/mol. The number of imidazole rings is 1. The molecule has 0 atom stereocenters. The molecule has 3 heteroatoms. The van der Waals surface area contributed by atoms with Crippen molar-refractivity contribution in [3.05, 3.63) is 35.9 Å². The Morgan fingerprint density at radius 2 is 2.27 bits per heavy atom. The molecule has 0 radical (unpaired) electrons. The van der Waals surface area contributed by atoms with Gasteiger partial charge in [-0.05, 0) is 25.5 Å². The van der Waals surface area contributed by atoms with Crippen molar-refractivity contribution >= 4 is 5.52 Å². The summed E-state index contributed by atoms with van der Waals surface area (Å²) in [5, 5.41) is 0. The summed E-state index contributed by atoms with van der Waals surface area (Å²) in [7, 11) is 1.73. The maximum atomic E-state index is 5.05. The van der Waals surface area contributed by atoms with Crippen molar-refractivity contribution in [1.29, 1.82) is 0 Å². The van der Waals surface area contributed by atoms with Gasteiger partial charge in [-0.1, -0.05) is 6.07 Å². The van der Waals surface area contributed by atoms with Crippen molar-refractivity contribution < 1.29 is 4.74 Å². The van der Waals surface area contributed by atoms with Crippen LogP contribution in [0.5, 0.6) is 0 Å². The third-order valence-corrected chi connectivity index (χ3v) is 2.57. The fourth-order valence-electron chi connectivity index (χ4n) is 1.84. The summed E-state index contributed by atoms with van der Waals surface area (Å²) >= 11 is 0. The number of nitrogens with zero attached hydrogens (tertiary/aromatic N) is 2. The number of hydrogen-bond acceptors (Lipinski definition) is 2. The summed E-state index contributed by atoms with van der Waals surface area (Å²) in [6, 6.07) is 6.25. The molecule has 0 amide bonds. The highest BCUT2D eigenvalue weighted by molar-refractivity contribution is 5.47. The average Bonchev–Trinajstić information content (AvgIpc) is 2.63. The highest BCUT2D eigenvalue weighted by Gasteiger charge is 2.04. The summed E-state index contributed by atoms with van der Waals surface area (Å²) in [4.78, 5) is 4.44. The van der Waals surface area contributed by atoms with Crippen molar-refractivity contribution in [2.45, 2.75) is 19.8 Å². The number of rotatable bonds is 4. The number of aryl methyl sites for hydroxylation is 2. The van der Waals surface area contributed by atoms with E-state index >= 15 is 0 Å². The molecule has 15 heavy (non-hydrogen) atoms. The van der Waals surface area contributed by atoms with Crippen molar-refractivity contribution in [3.8, 4) is 0 Å². The Bertz CT molecular complexity index is 448. The van der Waals surface area contributed by atoms with Crippen LogP contribution in [-0.2, 0) is 11.2 Å². The lowest BCUT2D eigenvalue weighted by molar-refractivity contribution is 0.194. The van der Waals surface area contributed by atoms with Gasteiger partial charge in [0.2, 0.25) is 0 Å². The van der Waals surface area contributed by atoms with E-state index in [9.17, 15) is 0 Å². The highest BCUT2D eigenvalue weighted by atomic mass is 16.5. The normalized spacial score (nSPS) is 11.1. The first-order valence-corrected chi connectivity index (χ1v) is 5.24. The summed E-state index contributed by atoms with van der Waals surface area (Å²) in [6.45, 7) is 2.90. The monoisotopic (exact) mass is 204 g/mol. The molecule has 80 valence electrons. The van der Waals surface area contributed by atoms with E-state index < -0.39 is 0 Å². The molecular weight excluding hydrogens is 188 g/mol. The minimum atomic E-state index is 0.792. The standard InChI is InChI=1S/C12H16N2O/c1-10-5-3-6-11-9-13-12(14(10)11)7-4-8-15-2/h3,5-6,9H,4,7-8H2,1-2H3. The zero-order chi connectivity index (χ0) is 10.7. The number of methoxy groups -OCH3 is 1. The molecule has 2 aromatic heterocycles. The molecule has 0 spiro atoms.